The van der Waals surface area contributed by atoms with E-state index in [1.807, 2.05) is 26.0 Å². The van der Waals surface area contributed by atoms with E-state index in [1.165, 1.54) is 0 Å². The predicted octanol–water partition coefficient (Wildman–Crippen LogP) is 1.57. The highest BCUT2D eigenvalue weighted by Gasteiger charge is 2.13. The summed E-state index contributed by atoms with van der Waals surface area (Å²) in [6.45, 7) is 5.17. The second-order valence-electron chi connectivity index (χ2n) is 4.16. The molecule has 4 N–H and O–H groups in total. The van der Waals surface area contributed by atoms with Gasteiger partial charge in [-0.25, -0.2) is 4.68 Å². The highest BCUT2D eigenvalue weighted by Crippen LogP contribution is 2.27. The molecule has 0 aliphatic carbocycles. The molecule has 18 heavy (non-hydrogen) atoms. The lowest BCUT2D eigenvalue weighted by Gasteiger charge is -2.08. The Labute approximate surface area is 106 Å². The zero-order chi connectivity index (χ0) is 13.1. The molecule has 0 aliphatic rings. The minimum Gasteiger partial charge on any atom is -0.506 e. The lowest BCUT2D eigenvalue weighted by molar-refractivity contribution is 0.470. The Bertz CT molecular complexity index is 548. The van der Waals surface area contributed by atoms with Crippen LogP contribution >= 0.6 is 0 Å². The summed E-state index contributed by atoms with van der Waals surface area (Å²) < 4.78 is 1.74. The summed E-state index contributed by atoms with van der Waals surface area (Å²) in [6.07, 6.45) is 0. The molecule has 1 aromatic heterocycles. The lowest BCUT2D eigenvalue weighted by atomic mass is 10.2. The fourth-order valence-electron chi connectivity index (χ4n) is 1.97. The number of phenolic OH excluding ortho intramolecular Hbond substituents is 1. The Morgan fingerprint density at radius 2 is 2.06 bits per heavy atom. The van der Waals surface area contributed by atoms with E-state index in [2.05, 4.69) is 10.4 Å². The molecule has 2 aromatic rings. The average molecular weight is 246 g/mol. The van der Waals surface area contributed by atoms with Gasteiger partial charge in [0.05, 0.1) is 17.1 Å². The molecule has 0 amide bonds. The summed E-state index contributed by atoms with van der Waals surface area (Å²) in [7, 11) is 0. The topological polar surface area (TPSA) is 76.1 Å². The average Bonchev–Trinajstić information content (AvgIpc) is 2.63. The van der Waals surface area contributed by atoms with Gasteiger partial charge in [0.2, 0.25) is 0 Å². The van der Waals surface area contributed by atoms with Gasteiger partial charge < -0.3 is 16.2 Å². The number of nitrogens with two attached hydrogens (primary N) is 1. The van der Waals surface area contributed by atoms with Crippen molar-refractivity contribution in [3.63, 3.8) is 0 Å². The fraction of sp³-hybridized carbons (Fsp3) is 0.308. The normalized spacial score (nSPS) is 10.6. The van der Waals surface area contributed by atoms with E-state index in [4.69, 9.17) is 5.73 Å². The van der Waals surface area contributed by atoms with E-state index < -0.39 is 0 Å². The Hall–Kier alpha value is -2.01. The number of nitrogens with one attached hydrogen (secondary N) is 1. The van der Waals surface area contributed by atoms with Crippen LogP contribution in [0.1, 0.15) is 11.4 Å². The molecular weight excluding hydrogens is 228 g/mol. The van der Waals surface area contributed by atoms with Crippen molar-refractivity contribution >= 4 is 5.69 Å². The van der Waals surface area contributed by atoms with Crippen LogP contribution in [-0.4, -0.2) is 28.0 Å². The van der Waals surface area contributed by atoms with Crippen molar-refractivity contribution in [1.29, 1.82) is 0 Å². The largest absolute Gasteiger partial charge is 0.506 e. The highest BCUT2D eigenvalue weighted by atomic mass is 16.3. The van der Waals surface area contributed by atoms with Crippen LogP contribution in [0.15, 0.2) is 24.3 Å². The van der Waals surface area contributed by atoms with Gasteiger partial charge in [-0.15, -0.1) is 0 Å². The zero-order valence-corrected chi connectivity index (χ0v) is 10.6. The molecule has 0 radical (unpaired) electrons. The summed E-state index contributed by atoms with van der Waals surface area (Å²) in [5.41, 5.74) is 9.00. The molecule has 0 spiro atoms. The molecule has 1 aromatic carbocycles. The van der Waals surface area contributed by atoms with Gasteiger partial charge in [-0.05, 0) is 26.0 Å². The molecular formula is C13H18N4O. The maximum absolute atomic E-state index is 9.86. The molecule has 5 heteroatoms. The quantitative estimate of drug-likeness (QED) is 0.765. The van der Waals surface area contributed by atoms with Crippen molar-refractivity contribution in [2.45, 2.75) is 13.8 Å². The summed E-state index contributed by atoms with van der Waals surface area (Å²) >= 11 is 0. The van der Waals surface area contributed by atoms with Crippen molar-refractivity contribution in [2.24, 2.45) is 5.73 Å². The van der Waals surface area contributed by atoms with Gasteiger partial charge in [-0.3, -0.25) is 0 Å². The van der Waals surface area contributed by atoms with E-state index in [0.717, 1.165) is 17.1 Å². The molecule has 0 aliphatic heterocycles. The predicted molar refractivity (Wildman–Crippen MR) is 72.2 cm³/mol. The van der Waals surface area contributed by atoms with Crippen LogP contribution in [0.25, 0.3) is 5.69 Å². The third-order valence-corrected chi connectivity index (χ3v) is 2.85. The maximum atomic E-state index is 9.86. The summed E-state index contributed by atoms with van der Waals surface area (Å²) in [6, 6.07) is 7.15. The number of phenols is 1. The van der Waals surface area contributed by atoms with Crippen LogP contribution in [-0.2, 0) is 0 Å². The van der Waals surface area contributed by atoms with E-state index in [1.54, 1.807) is 16.8 Å². The fourth-order valence-corrected chi connectivity index (χ4v) is 1.97. The number of hydrogen-bond acceptors (Lipinski definition) is 4. The van der Waals surface area contributed by atoms with Crippen LogP contribution in [0.5, 0.6) is 5.75 Å². The van der Waals surface area contributed by atoms with Gasteiger partial charge in [-0.1, -0.05) is 12.1 Å². The van der Waals surface area contributed by atoms with Crippen LogP contribution in [0.4, 0.5) is 5.69 Å². The van der Waals surface area contributed by atoms with Gasteiger partial charge in [0.25, 0.3) is 0 Å². The molecule has 96 valence electrons. The molecule has 2 rings (SSSR count). The standard InChI is InChI=1S/C13H18N4O/c1-9-13(15-8-7-14)10(2)17(16-9)11-5-3-4-6-12(11)18/h3-6,15,18H,7-8,14H2,1-2H3. The van der Waals surface area contributed by atoms with E-state index in [-0.39, 0.29) is 5.75 Å². The van der Waals surface area contributed by atoms with E-state index in [0.29, 0.717) is 18.8 Å². The van der Waals surface area contributed by atoms with Crippen molar-refractivity contribution in [3.8, 4) is 11.4 Å². The number of aromatic nitrogens is 2. The third-order valence-electron chi connectivity index (χ3n) is 2.85. The van der Waals surface area contributed by atoms with Crippen LogP contribution < -0.4 is 11.1 Å². The Balaban J connectivity index is 2.44. The first-order valence-corrected chi connectivity index (χ1v) is 5.93. The molecule has 1 heterocycles. The van der Waals surface area contributed by atoms with Crippen molar-refractivity contribution in [2.75, 3.05) is 18.4 Å². The van der Waals surface area contributed by atoms with Gasteiger partial charge in [0.15, 0.2) is 0 Å². The monoisotopic (exact) mass is 246 g/mol. The minimum atomic E-state index is 0.216. The smallest absolute Gasteiger partial charge is 0.141 e. The maximum Gasteiger partial charge on any atom is 0.141 e. The SMILES string of the molecule is Cc1nn(-c2ccccc2O)c(C)c1NCCN. The van der Waals surface area contributed by atoms with Gasteiger partial charge in [0.1, 0.15) is 11.4 Å². The molecule has 0 saturated carbocycles. The van der Waals surface area contributed by atoms with Crippen LogP contribution in [0.2, 0.25) is 0 Å². The molecule has 0 saturated heterocycles. The number of para-hydroxylation sites is 2. The van der Waals surface area contributed by atoms with E-state index >= 15 is 0 Å². The number of anilines is 1. The summed E-state index contributed by atoms with van der Waals surface area (Å²) in [5.74, 6) is 0.216. The first-order valence-electron chi connectivity index (χ1n) is 5.93. The zero-order valence-electron chi connectivity index (χ0n) is 10.6. The number of nitrogens with zero attached hydrogens (tertiary/aromatic N) is 2. The van der Waals surface area contributed by atoms with Crippen molar-refractivity contribution in [3.05, 3.63) is 35.7 Å². The third kappa shape index (κ3) is 2.17. The Kier molecular flexibility index (Phi) is 3.53. The van der Waals surface area contributed by atoms with E-state index in [9.17, 15) is 5.11 Å². The number of hydrogen-bond donors (Lipinski definition) is 3. The molecule has 0 fully saturated rings. The van der Waals surface area contributed by atoms with Crippen LogP contribution in [0.3, 0.4) is 0 Å². The van der Waals surface area contributed by atoms with Crippen LogP contribution in [0, 0.1) is 13.8 Å². The second-order valence-corrected chi connectivity index (χ2v) is 4.16. The molecule has 0 bridgehead atoms. The van der Waals surface area contributed by atoms with Crippen molar-refractivity contribution in [1.82, 2.24) is 9.78 Å². The lowest BCUT2D eigenvalue weighted by Crippen LogP contribution is -2.14. The molecule has 0 unspecified atom stereocenters. The summed E-state index contributed by atoms with van der Waals surface area (Å²) in [5, 5.41) is 17.6. The Morgan fingerprint density at radius 1 is 1.33 bits per heavy atom. The van der Waals surface area contributed by atoms with Gasteiger partial charge in [0, 0.05) is 13.1 Å². The number of benzene rings is 1. The highest BCUT2D eigenvalue weighted by molar-refractivity contribution is 5.56. The number of aryl methyl sites for hydroxylation is 1. The minimum absolute atomic E-state index is 0.216. The van der Waals surface area contributed by atoms with Gasteiger partial charge in [-0.2, -0.15) is 5.10 Å². The Morgan fingerprint density at radius 3 is 2.72 bits per heavy atom. The first kappa shape index (κ1) is 12.4. The van der Waals surface area contributed by atoms with Gasteiger partial charge >= 0.3 is 0 Å². The number of aromatic hydroxyl groups is 1. The first-order chi connectivity index (χ1) is 8.65. The van der Waals surface area contributed by atoms with Crippen molar-refractivity contribution < 1.29 is 5.11 Å². The number of rotatable bonds is 4. The summed E-state index contributed by atoms with van der Waals surface area (Å²) in [4.78, 5) is 0. The molecule has 5 nitrogen and oxygen atoms in total. The second kappa shape index (κ2) is 5.10. The molecule has 0 atom stereocenters.